The van der Waals surface area contributed by atoms with Crippen LogP contribution in [-0.4, -0.2) is 18.1 Å². The summed E-state index contributed by atoms with van der Waals surface area (Å²) in [5.74, 6) is 0. The number of fused-ring (bicyclic) bond motifs is 1. The van der Waals surface area contributed by atoms with Gasteiger partial charge in [0.05, 0.1) is 5.69 Å². The molecular weight excluding hydrogens is 170 g/mol. The second-order valence-electron chi connectivity index (χ2n) is 2.80. The van der Waals surface area contributed by atoms with E-state index in [-0.39, 0.29) is 5.03 Å². The van der Waals surface area contributed by atoms with Crippen LogP contribution in [0.5, 0.6) is 0 Å². The Labute approximate surface area is 75.1 Å². The van der Waals surface area contributed by atoms with Crippen LogP contribution < -0.4 is 10.3 Å². The van der Waals surface area contributed by atoms with Gasteiger partial charge in [-0.25, -0.2) is 10.1 Å². The fourth-order valence-corrected chi connectivity index (χ4v) is 1.43. The number of hydrogen-bond acceptors (Lipinski definition) is 3. The molecule has 0 aliphatic carbocycles. The molecule has 2 rings (SSSR count). The van der Waals surface area contributed by atoms with E-state index >= 15 is 0 Å². The predicted molar refractivity (Wildman–Crippen MR) is 49.3 cm³/mol. The molecule has 1 N–H and O–H groups in total. The molecule has 0 fully saturated rings. The van der Waals surface area contributed by atoms with Gasteiger partial charge in [-0.3, -0.25) is 0 Å². The molecule has 0 spiro atoms. The summed E-state index contributed by atoms with van der Waals surface area (Å²) in [6, 6.07) is 7.23. The van der Waals surface area contributed by atoms with Crippen molar-refractivity contribution in [3.63, 3.8) is 0 Å². The molecule has 1 heterocycles. The molecule has 0 radical (unpaired) electrons. The molecule has 1 aliphatic rings. The minimum atomic E-state index is -0.375. The maximum absolute atomic E-state index is 10.6. The van der Waals surface area contributed by atoms with Gasteiger partial charge in [0.15, 0.2) is 5.03 Å². The lowest BCUT2D eigenvalue weighted by atomic mass is 10.2. The molecule has 1 aromatic rings. The van der Waals surface area contributed by atoms with E-state index < -0.39 is 0 Å². The lowest BCUT2D eigenvalue weighted by Gasteiger charge is -2.23. The van der Waals surface area contributed by atoms with Gasteiger partial charge in [-0.1, -0.05) is 17.1 Å². The second-order valence-corrected chi connectivity index (χ2v) is 2.80. The molecule has 0 amide bonds. The Morgan fingerprint density at radius 1 is 1.46 bits per heavy atom. The fraction of sp³-hybridized carbons (Fsp3) is 0.250. The molecule has 13 heavy (non-hydrogen) atoms. The molecule has 0 unspecified atom stereocenters. The van der Waals surface area contributed by atoms with Crippen LogP contribution in [0.4, 0.5) is 11.4 Å². The zero-order valence-corrected chi connectivity index (χ0v) is 6.93. The minimum absolute atomic E-state index is 0.375. The summed E-state index contributed by atoms with van der Waals surface area (Å²) in [7, 11) is 0. The van der Waals surface area contributed by atoms with Gasteiger partial charge in [0.25, 0.3) is 0 Å². The van der Waals surface area contributed by atoms with Crippen LogP contribution in [0.3, 0.4) is 0 Å². The minimum Gasteiger partial charge on any atom is -0.381 e. The Morgan fingerprint density at radius 2 is 2.23 bits per heavy atom. The van der Waals surface area contributed by atoms with Crippen molar-refractivity contribution in [2.24, 2.45) is 0 Å². The third-order valence-corrected chi connectivity index (χ3v) is 2.02. The van der Waals surface area contributed by atoms with Crippen LogP contribution in [0, 0.1) is 10.1 Å². The highest BCUT2D eigenvalue weighted by atomic mass is 16.7. The lowest BCUT2D eigenvalue weighted by molar-refractivity contribution is -0.494. The number of rotatable bonds is 1. The number of hydrogen-bond donors (Lipinski definition) is 1. The van der Waals surface area contributed by atoms with E-state index in [1.165, 1.54) is 0 Å². The number of nitrogens with zero attached hydrogens (tertiary/aromatic N) is 2. The van der Waals surface area contributed by atoms with Gasteiger partial charge < -0.3 is 5.32 Å². The first kappa shape index (κ1) is 7.85. The average Bonchev–Trinajstić information content (AvgIpc) is 2.17. The van der Waals surface area contributed by atoms with Crippen LogP contribution >= 0.6 is 0 Å². The van der Waals surface area contributed by atoms with Gasteiger partial charge in [-0.05, 0) is 12.1 Å². The Balaban J connectivity index is 2.42. The molecule has 68 valence electrons. The first-order valence-electron chi connectivity index (χ1n) is 4.04. The highest BCUT2D eigenvalue weighted by molar-refractivity contribution is 5.70. The smallest absolute Gasteiger partial charge is 0.165 e. The van der Waals surface area contributed by atoms with Crippen molar-refractivity contribution in [3.8, 4) is 0 Å². The number of benzene rings is 1. The molecule has 0 bridgehead atoms. The van der Waals surface area contributed by atoms with Crippen LogP contribution in [0.1, 0.15) is 0 Å². The van der Waals surface area contributed by atoms with E-state index in [0.29, 0.717) is 18.8 Å². The van der Waals surface area contributed by atoms with E-state index in [1.54, 1.807) is 12.1 Å². The summed E-state index contributed by atoms with van der Waals surface area (Å²) >= 11 is 0. The maximum Gasteiger partial charge on any atom is 0.165 e. The van der Waals surface area contributed by atoms with Crippen LogP contribution in [0.15, 0.2) is 24.3 Å². The summed E-state index contributed by atoms with van der Waals surface area (Å²) in [4.78, 5) is 10.6. The number of anilines is 2. The van der Waals surface area contributed by atoms with Crippen molar-refractivity contribution < 1.29 is 5.03 Å². The van der Waals surface area contributed by atoms with E-state index in [0.717, 1.165) is 10.7 Å². The number of nitrogens with one attached hydrogen (secondary N) is 1. The summed E-state index contributed by atoms with van der Waals surface area (Å²) in [6.07, 6.45) is 0. The van der Waals surface area contributed by atoms with Crippen molar-refractivity contribution in [2.75, 3.05) is 23.4 Å². The van der Waals surface area contributed by atoms with E-state index in [4.69, 9.17) is 0 Å². The molecule has 0 atom stereocenters. The summed E-state index contributed by atoms with van der Waals surface area (Å²) < 4.78 is 0. The molecular formula is C8H9N3O2. The van der Waals surface area contributed by atoms with Crippen molar-refractivity contribution >= 4 is 11.4 Å². The van der Waals surface area contributed by atoms with E-state index in [9.17, 15) is 10.1 Å². The van der Waals surface area contributed by atoms with Gasteiger partial charge in [-0.15, -0.1) is 0 Å². The topological polar surface area (TPSA) is 58.4 Å². The zero-order valence-electron chi connectivity index (χ0n) is 6.93. The quantitative estimate of drug-likeness (QED) is 0.518. The molecule has 0 saturated heterocycles. The fourth-order valence-electron chi connectivity index (χ4n) is 1.43. The summed E-state index contributed by atoms with van der Waals surface area (Å²) in [6.45, 7) is 1.02. The Bertz CT molecular complexity index is 340. The van der Waals surface area contributed by atoms with Gasteiger partial charge in [0.2, 0.25) is 0 Å². The molecule has 0 saturated carbocycles. The summed E-state index contributed by atoms with van der Waals surface area (Å²) in [5, 5.41) is 14.5. The Morgan fingerprint density at radius 3 is 3.00 bits per heavy atom. The first-order valence-corrected chi connectivity index (χ1v) is 4.04. The van der Waals surface area contributed by atoms with Crippen molar-refractivity contribution in [2.45, 2.75) is 0 Å². The average molecular weight is 179 g/mol. The van der Waals surface area contributed by atoms with Gasteiger partial charge in [-0.2, -0.15) is 0 Å². The van der Waals surface area contributed by atoms with Crippen LogP contribution in [0.2, 0.25) is 0 Å². The largest absolute Gasteiger partial charge is 0.381 e. The highest BCUT2D eigenvalue weighted by Crippen LogP contribution is 2.27. The molecule has 0 aromatic heterocycles. The monoisotopic (exact) mass is 179 g/mol. The van der Waals surface area contributed by atoms with Gasteiger partial charge >= 0.3 is 0 Å². The third-order valence-electron chi connectivity index (χ3n) is 2.02. The van der Waals surface area contributed by atoms with E-state index in [2.05, 4.69) is 5.32 Å². The first-order chi connectivity index (χ1) is 6.29. The van der Waals surface area contributed by atoms with Crippen LogP contribution in [0.25, 0.3) is 0 Å². The zero-order chi connectivity index (χ0) is 9.26. The second kappa shape index (κ2) is 2.93. The Hall–Kier alpha value is -1.78. The van der Waals surface area contributed by atoms with Crippen LogP contribution in [-0.2, 0) is 0 Å². The Kier molecular flexibility index (Phi) is 1.77. The maximum atomic E-state index is 10.6. The summed E-state index contributed by atoms with van der Waals surface area (Å²) in [5.41, 5.74) is 1.46. The van der Waals surface area contributed by atoms with E-state index in [1.807, 2.05) is 12.1 Å². The molecule has 5 nitrogen and oxygen atoms in total. The number of nitro groups is 1. The predicted octanol–water partition coefficient (Wildman–Crippen LogP) is 1.11. The molecule has 1 aromatic carbocycles. The van der Waals surface area contributed by atoms with Crippen molar-refractivity contribution in [1.82, 2.24) is 0 Å². The SMILES string of the molecule is O=[N+]([O-])N1CCNc2ccccc21. The van der Waals surface area contributed by atoms with Crippen molar-refractivity contribution in [1.29, 1.82) is 0 Å². The normalized spacial score (nSPS) is 14.6. The lowest BCUT2D eigenvalue weighted by Crippen LogP contribution is -2.38. The van der Waals surface area contributed by atoms with Crippen molar-refractivity contribution in [3.05, 3.63) is 34.4 Å². The third kappa shape index (κ3) is 1.28. The molecule has 1 aliphatic heterocycles. The number of para-hydroxylation sites is 2. The highest BCUT2D eigenvalue weighted by Gasteiger charge is 2.23. The van der Waals surface area contributed by atoms with Gasteiger partial charge in [0, 0.05) is 6.54 Å². The molecule has 5 heteroatoms. The number of hydrazine groups is 1. The standard InChI is InChI=1S/C8H9N3O2/c12-11(13)10-6-5-9-7-3-1-2-4-8(7)10/h1-4,9H,5-6H2. The van der Waals surface area contributed by atoms with Gasteiger partial charge in [0.1, 0.15) is 12.2 Å².